The predicted octanol–water partition coefficient (Wildman–Crippen LogP) is 5.04. The van der Waals surface area contributed by atoms with Gasteiger partial charge in [-0.3, -0.25) is 4.79 Å². The van der Waals surface area contributed by atoms with Crippen molar-refractivity contribution in [3.05, 3.63) is 59.7 Å². The Bertz CT molecular complexity index is 809. The summed E-state index contributed by atoms with van der Waals surface area (Å²) in [6.07, 6.45) is -2.44. The van der Waals surface area contributed by atoms with Gasteiger partial charge in [0.1, 0.15) is 0 Å². The Balaban J connectivity index is 2.04. The molecule has 2 rings (SSSR count). The molecule has 0 fully saturated rings. The first-order valence-corrected chi connectivity index (χ1v) is 8.84. The maximum absolute atomic E-state index is 12.8. The van der Waals surface area contributed by atoms with Crippen LogP contribution in [-0.4, -0.2) is 17.6 Å². The van der Waals surface area contributed by atoms with Crippen LogP contribution in [0.3, 0.4) is 0 Å². The molecule has 0 heterocycles. The number of hydrogen-bond donors (Lipinski definition) is 3. The number of anilines is 2. The average molecular weight is 395 g/mol. The van der Waals surface area contributed by atoms with Crippen LogP contribution < -0.4 is 16.0 Å². The average Bonchev–Trinajstić information content (AvgIpc) is 2.61. The molecular weight excluding hydrogens is 375 g/mol. The molecule has 0 aromatic heterocycles. The first-order chi connectivity index (χ1) is 12.8. The van der Waals surface area contributed by atoms with E-state index in [9.17, 15) is 18.0 Å². The molecule has 4 nitrogen and oxygen atoms in total. The second kappa shape index (κ2) is 9.36. The molecule has 0 unspecified atom stereocenters. The zero-order chi connectivity index (χ0) is 19.9. The van der Waals surface area contributed by atoms with Gasteiger partial charge in [-0.15, -0.1) is 0 Å². The molecule has 27 heavy (non-hydrogen) atoms. The summed E-state index contributed by atoms with van der Waals surface area (Å²) in [5.74, 6) is -0.511. The molecule has 0 spiro atoms. The van der Waals surface area contributed by atoms with Gasteiger partial charge in [0, 0.05) is 23.5 Å². The smallest absolute Gasteiger partial charge is 0.362 e. The highest BCUT2D eigenvalue weighted by atomic mass is 32.1. The van der Waals surface area contributed by atoms with Crippen molar-refractivity contribution in [1.29, 1.82) is 0 Å². The lowest BCUT2D eigenvalue weighted by Crippen LogP contribution is -2.29. The van der Waals surface area contributed by atoms with E-state index in [2.05, 4.69) is 22.9 Å². The number of unbranched alkanes of at least 4 members (excludes halogenated alkanes) is 1. The van der Waals surface area contributed by atoms with Crippen LogP contribution in [0.5, 0.6) is 0 Å². The van der Waals surface area contributed by atoms with Crippen molar-refractivity contribution in [3.63, 3.8) is 0 Å². The fourth-order valence-corrected chi connectivity index (χ4v) is 2.49. The van der Waals surface area contributed by atoms with Gasteiger partial charge >= 0.3 is 6.18 Å². The Labute approximate surface area is 161 Å². The zero-order valence-corrected chi connectivity index (χ0v) is 15.5. The molecule has 0 aliphatic heterocycles. The monoisotopic (exact) mass is 395 g/mol. The third kappa shape index (κ3) is 6.56. The third-order valence-electron chi connectivity index (χ3n) is 3.65. The van der Waals surface area contributed by atoms with Crippen molar-refractivity contribution in [2.75, 3.05) is 17.2 Å². The van der Waals surface area contributed by atoms with Crippen molar-refractivity contribution >= 4 is 34.6 Å². The number of benzene rings is 2. The molecule has 0 bridgehead atoms. The third-order valence-corrected chi connectivity index (χ3v) is 3.89. The lowest BCUT2D eigenvalue weighted by molar-refractivity contribution is -0.137. The van der Waals surface area contributed by atoms with E-state index >= 15 is 0 Å². The molecule has 8 heteroatoms. The molecule has 0 aliphatic rings. The van der Waals surface area contributed by atoms with E-state index in [0.29, 0.717) is 16.4 Å². The molecule has 0 radical (unpaired) electrons. The topological polar surface area (TPSA) is 53.2 Å². The Morgan fingerprint density at radius 3 is 2.37 bits per heavy atom. The molecule has 3 N–H and O–H groups in total. The minimum absolute atomic E-state index is 0.0740. The zero-order valence-electron chi connectivity index (χ0n) is 14.7. The minimum Gasteiger partial charge on any atom is -0.362 e. The summed E-state index contributed by atoms with van der Waals surface area (Å²) in [5.41, 5.74) is 0.165. The fourth-order valence-electron chi connectivity index (χ4n) is 2.27. The van der Waals surface area contributed by atoms with Gasteiger partial charge in [-0.2, -0.15) is 13.2 Å². The maximum atomic E-state index is 12.8. The number of hydrogen-bond acceptors (Lipinski definition) is 2. The summed E-state index contributed by atoms with van der Waals surface area (Å²) >= 11 is 5.18. The molecule has 1 amide bonds. The van der Waals surface area contributed by atoms with Crippen LogP contribution >= 0.6 is 12.2 Å². The van der Waals surface area contributed by atoms with Gasteiger partial charge in [0.15, 0.2) is 5.11 Å². The predicted molar refractivity (Wildman–Crippen MR) is 105 cm³/mol. The van der Waals surface area contributed by atoms with Crippen molar-refractivity contribution in [2.24, 2.45) is 0 Å². The van der Waals surface area contributed by atoms with E-state index in [4.69, 9.17) is 12.2 Å². The summed E-state index contributed by atoms with van der Waals surface area (Å²) in [5, 5.41) is 8.96. The van der Waals surface area contributed by atoms with Crippen LogP contribution in [0.4, 0.5) is 24.5 Å². The molecule has 0 saturated heterocycles. The highest BCUT2D eigenvalue weighted by Crippen LogP contribution is 2.30. The Kier molecular flexibility index (Phi) is 7.18. The second-order valence-electron chi connectivity index (χ2n) is 5.85. The van der Waals surface area contributed by atoms with Crippen LogP contribution in [0.2, 0.25) is 0 Å². The Morgan fingerprint density at radius 2 is 1.70 bits per heavy atom. The number of thiocarbonyl (C=S) groups is 1. The number of carbonyl (C=O) groups is 1. The first-order valence-electron chi connectivity index (χ1n) is 8.43. The number of rotatable bonds is 6. The van der Waals surface area contributed by atoms with Gasteiger partial charge in [-0.1, -0.05) is 25.5 Å². The molecule has 0 aliphatic carbocycles. The van der Waals surface area contributed by atoms with E-state index in [1.165, 1.54) is 12.1 Å². The normalized spacial score (nSPS) is 11.0. The van der Waals surface area contributed by atoms with Crippen molar-refractivity contribution in [3.8, 4) is 0 Å². The molecule has 0 saturated carbocycles. The van der Waals surface area contributed by atoms with E-state index in [1.807, 2.05) is 0 Å². The lowest BCUT2D eigenvalue weighted by atomic mass is 10.1. The summed E-state index contributed by atoms with van der Waals surface area (Å²) in [6.45, 7) is 2.82. The Hall–Kier alpha value is -2.61. The van der Waals surface area contributed by atoms with Crippen molar-refractivity contribution in [2.45, 2.75) is 25.9 Å². The summed E-state index contributed by atoms with van der Waals surface area (Å²) in [6, 6.07) is 11.1. The number of alkyl halides is 3. The van der Waals surface area contributed by atoms with E-state index in [1.54, 1.807) is 24.3 Å². The summed E-state index contributed by atoms with van der Waals surface area (Å²) in [4.78, 5) is 12.4. The van der Waals surface area contributed by atoms with Crippen LogP contribution in [0.1, 0.15) is 35.7 Å². The fraction of sp³-hybridized carbons (Fsp3) is 0.263. The summed E-state index contributed by atoms with van der Waals surface area (Å²) in [7, 11) is 0. The maximum Gasteiger partial charge on any atom is 0.416 e. The number of halogens is 3. The number of carbonyl (C=O) groups excluding carboxylic acids is 1. The van der Waals surface area contributed by atoms with Gasteiger partial charge in [0.05, 0.1) is 5.56 Å². The van der Waals surface area contributed by atoms with Crippen molar-refractivity contribution < 1.29 is 18.0 Å². The standard InChI is InChI=1S/C19H20F3N3OS/c1-2-3-10-23-18(27)25-15-8-4-6-13(11-15)17(26)24-16-9-5-7-14(12-16)19(20,21)22/h4-9,11-12H,2-3,10H2,1H3,(H,24,26)(H2,23,25,27). The van der Waals surface area contributed by atoms with E-state index < -0.39 is 17.6 Å². The molecular formula is C19H20F3N3OS. The SMILES string of the molecule is CCCCNC(=S)Nc1cccc(C(=O)Nc2cccc(C(F)(F)F)c2)c1. The molecule has 144 valence electrons. The van der Waals surface area contributed by atoms with Gasteiger partial charge in [-0.05, 0) is 55.0 Å². The molecule has 2 aromatic rings. The quantitative estimate of drug-likeness (QED) is 0.474. The number of nitrogens with one attached hydrogen (secondary N) is 3. The van der Waals surface area contributed by atoms with Crippen molar-refractivity contribution in [1.82, 2.24) is 5.32 Å². The van der Waals surface area contributed by atoms with Crippen LogP contribution in [0.25, 0.3) is 0 Å². The molecule has 2 aromatic carbocycles. The van der Waals surface area contributed by atoms with E-state index in [-0.39, 0.29) is 5.69 Å². The Morgan fingerprint density at radius 1 is 1.04 bits per heavy atom. The van der Waals surface area contributed by atoms with Crippen LogP contribution in [-0.2, 0) is 6.18 Å². The van der Waals surface area contributed by atoms with Gasteiger partial charge < -0.3 is 16.0 Å². The lowest BCUT2D eigenvalue weighted by Gasteiger charge is -2.12. The largest absolute Gasteiger partial charge is 0.416 e. The second-order valence-corrected chi connectivity index (χ2v) is 6.26. The van der Waals surface area contributed by atoms with Gasteiger partial charge in [0.2, 0.25) is 0 Å². The highest BCUT2D eigenvalue weighted by molar-refractivity contribution is 7.80. The van der Waals surface area contributed by atoms with Gasteiger partial charge in [-0.25, -0.2) is 0 Å². The number of amides is 1. The van der Waals surface area contributed by atoms with E-state index in [0.717, 1.165) is 31.5 Å². The summed E-state index contributed by atoms with van der Waals surface area (Å²) < 4.78 is 38.3. The minimum atomic E-state index is -4.47. The van der Waals surface area contributed by atoms with Gasteiger partial charge in [0.25, 0.3) is 5.91 Å². The van der Waals surface area contributed by atoms with Crippen LogP contribution in [0.15, 0.2) is 48.5 Å². The first kappa shape index (κ1) is 20.7. The van der Waals surface area contributed by atoms with Crippen LogP contribution in [0, 0.1) is 0 Å². The highest BCUT2D eigenvalue weighted by Gasteiger charge is 2.30. The molecule has 0 atom stereocenters.